The molecule has 0 heterocycles. The van der Waals surface area contributed by atoms with Crippen molar-refractivity contribution in [2.75, 3.05) is 0 Å². The maximum Gasteiger partial charge on any atom is 1.00 e. The SMILES string of the molecule is CCCCCCc1cccc(OC(CC)S(=O)(=O)[O-])c1CCCCCC.[Na+]. The van der Waals surface area contributed by atoms with Crippen LogP contribution < -0.4 is 34.3 Å². The van der Waals surface area contributed by atoms with Gasteiger partial charge in [0, 0.05) is 0 Å². The van der Waals surface area contributed by atoms with Crippen molar-refractivity contribution in [3.63, 3.8) is 0 Å². The molecule has 27 heavy (non-hydrogen) atoms. The van der Waals surface area contributed by atoms with Crippen molar-refractivity contribution in [3.8, 4) is 5.75 Å². The molecule has 1 rings (SSSR count). The minimum Gasteiger partial charge on any atom is -0.745 e. The molecule has 0 saturated carbocycles. The summed E-state index contributed by atoms with van der Waals surface area (Å²) >= 11 is 0. The molecule has 0 saturated heterocycles. The molecular formula is C21H35NaO4S. The van der Waals surface area contributed by atoms with Crippen LogP contribution in [0.2, 0.25) is 0 Å². The van der Waals surface area contributed by atoms with E-state index in [0.717, 1.165) is 37.7 Å². The molecule has 1 aromatic carbocycles. The molecule has 150 valence electrons. The van der Waals surface area contributed by atoms with Crippen LogP contribution in [-0.4, -0.2) is 18.4 Å². The number of hydrogen-bond acceptors (Lipinski definition) is 4. The van der Waals surface area contributed by atoms with E-state index in [2.05, 4.69) is 19.9 Å². The Balaban J connectivity index is 0.00000676. The minimum atomic E-state index is -4.47. The van der Waals surface area contributed by atoms with E-state index in [-0.39, 0.29) is 36.0 Å². The van der Waals surface area contributed by atoms with Gasteiger partial charge in [0.15, 0.2) is 5.44 Å². The zero-order chi connectivity index (χ0) is 19.4. The molecular weight excluding hydrogens is 371 g/mol. The van der Waals surface area contributed by atoms with E-state index in [1.54, 1.807) is 13.0 Å². The average molecular weight is 407 g/mol. The summed E-state index contributed by atoms with van der Waals surface area (Å²) < 4.78 is 40.0. The average Bonchev–Trinajstić information content (AvgIpc) is 2.60. The largest absolute Gasteiger partial charge is 1.00 e. The van der Waals surface area contributed by atoms with Crippen LogP contribution in [0, 0.1) is 0 Å². The van der Waals surface area contributed by atoms with Gasteiger partial charge in [-0.05, 0) is 49.3 Å². The van der Waals surface area contributed by atoms with Crippen LogP contribution in [0.15, 0.2) is 18.2 Å². The van der Waals surface area contributed by atoms with Crippen LogP contribution in [-0.2, 0) is 23.0 Å². The number of benzene rings is 1. The molecule has 0 aliphatic heterocycles. The third-order valence-electron chi connectivity index (χ3n) is 4.72. The van der Waals surface area contributed by atoms with Crippen molar-refractivity contribution >= 4 is 10.1 Å². The molecule has 0 radical (unpaired) electrons. The van der Waals surface area contributed by atoms with Gasteiger partial charge in [-0.2, -0.15) is 0 Å². The molecule has 0 spiro atoms. The van der Waals surface area contributed by atoms with Crippen LogP contribution in [0.5, 0.6) is 5.75 Å². The third-order valence-corrected chi connectivity index (χ3v) is 5.80. The molecule has 0 fully saturated rings. The second-order valence-electron chi connectivity index (χ2n) is 6.96. The predicted molar refractivity (Wildman–Crippen MR) is 107 cm³/mol. The van der Waals surface area contributed by atoms with E-state index in [1.807, 2.05) is 6.07 Å². The molecule has 4 nitrogen and oxygen atoms in total. The van der Waals surface area contributed by atoms with Gasteiger partial charge in [-0.1, -0.05) is 71.4 Å². The van der Waals surface area contributed by atoms with Crippen molar-refractivity contribution in [2.45, 2.75) is 96.8 Å². The van der Waals surface area contributed by atoms with Crippen molar-refractivity contribution in [3.05, 3.63) is 29.3 Å². The smallest absolute Gasteiger partial charge is 0.745 e. The summed E-state index contributed by atoms with van der Waals surface area (Å²) in [4.78, 5) is 0. The Morgan fingerprint density at radius 1 is 0.926 bits per heavy atom. The van der Waals surface area contributed by atoms with Gasteiger partial charge < -0.3 is 9.29 Å². The number of hydrogen-bond donors (Lipinski definition) is 0. The molecule has 6 heteroatoms. The van der Waals surface area contributed by atoms with Crippen molar-refractivity contribution in [1.29, 1.82) is 0 Å². The van der Waals surface area contributed by atoms with Crippen LogP contribution in [0.1, 0.15) is 89.7 Å². The van der Waals surface area contributed by atoms with Gasteiger partial charge in [0.2, 0.25) is 0 Å². The molecule has 0 N–H and O–H groups in total. The van der Waals surface area contributed by atoms with E-state index < -0.39 is 15.6 Å². The summed E-state index contributed by atoms with van der Waals surface area (Å²) in [6.45, 7) is 6.04. The molecule has 1 unspecified atom stereocenters. The third kappa shape index (κ3) is 10.3. The first-order valence-electron chi connectivity index (χ1n) is 10.2. The predicted octanol–water partition coefficient (Wildman–Crippen LogP) is 2.60. The van der Waals surface area contributed by atoms with Gasteiger partial charge in [0.05, 0.1) is 0 Å². The zero-order valence-electron chi connectivity index (χ0n) is 17.6. The van der Waals surface area contributed by atoms with Crippen LogP contribution in [0.3, 0.4) is 0 Å². The second kappa shape index (κ2) is 14.9. The van der Waals surface area contributed by atoms with Crippen molar-refractivity contribution < 1.29 is 47.3 Å². The molecule has 0 bridgehead atoms. The van der Waals surface area contributed by atoms with Gasteiger partial charge in [-0.15, -0.1) is 0 Å². The van der Waals surface area contributed by atoms with Crippen LogP contribution in [0.25, 0.3) is 0 Å². The van der Waals surface area contributed by atoms with E-state index >= 15 is 0 Å². The van der Waals surface area contributed by atoms with Gasteiger partial charge in [-0.25, -0.2) is 8.42 Å². The number of ether oxygens (including phenoxy) is 1. The first-order valence-corrected chi connectivity index (χ1v) is 11.6. The van der Waals surface area contributed by atoms with Crippen molar-refractivity contribution in [1.82, 2.24) is 0 Å². The van der Waals surface area contributed by atoms with Crippen molar-refractivity contribution in [2.24, 2.45) is 0 Å². The first-order chi connectivity index (χ1) is 12.4. The van der Waals surface area contributed by atoms with E-state index in [9.17, 15) is 13.0 Å². The molecule has 0 aliphatic carbocycles. The molecule has 1 aromatic rings. The Hall–Kier alpha value is -0.0700. The second-order valence-corrected chi connectivity index (χ2v) is 8.47. The molecule has 0 aliphatic rings. The Morgan fingerprint density at radius 3 is 2.04 bits per heavy atom. The molecule has 0 aromatic heterocycles. The van der Waals surface area contributed by atoms with E-state index in [4.69, 9.17) is 4.74 Å². The summed E-state index contributed by atoms with van der Waals surface area (Å²) in [7, 11) is -4.47. The zero-order valence-corrected chi connectivity index (χ0v) is 20.4. The summed E-state index contributed by atoms with van der Waals surface area (Å²) in [5, 5.41) is 0. The Labute approximate surface area is 188 Å². The first kappa shape index (κ1) is 26.9. The van der Waals surface area contributed by atoms with Gasteiger partial charge >= 0.3 is 29.6 Å². The number of rotatable bonds is 14. The van der Waals surface area contributed by atoms with Gasteiger partial charge in [0.25, 0.3) is 0 Å². The van der Waals surface area contributed by atoms with E-state index in [1.165, 1.54) is 37.7 Å². The monoisotopic (exact) mass is 406 g/mol. The maximum atomic E-state index is 11.4. The van der Waals surface area contributed by atoms with Crippen LogP contribution >= 0.6 is 0 Å². The fourth-order valence-corrected chi connectivity index (χ4v) is 3.83. The van der Waals surface area contributed by atoms with Crippen LogP contribution in [0.4, 0.5) is 0 Å². The standard InChI is InChI=1S/C21H36O4S.Na/c1-4-7-9-11-14-18-15-13-17-20(19(18)16-12-10-8-5-2)25-21(6-3)26(22,23)24;/h13,15,17,21H,4-12,14,16H2,1-3H3,(H,22,23,24);/q;+1/p-1. The Morgan fingerprint density at radius 2 is 1.52 bits per heavy atom. The summed E-state index contributed by atoms with van der Waals surface area (Å²) in [6, 6.07) is 5.82. The minimum absolute atomic E-state index is 0. The quantitative estimate of drug-likeness (QED) is 0.271. The fraction of sp³-hybridized carbons (Fsp3) is 0.714. The summed E-state index contributed by atoms with van der Waals surface area (Å²) in [5.74, 6) is 0.570. The Bertz CT molecular complexity index is 617. The Kier molecular flexibility index (Phi) is 14.8. The number of unbranched alkanes of at least 4 members (excludes halogenated alkanes) is 6. The normalized spacial score (nSPS) is 12.4. The van der Waals surface area contributed by atoms with Gasteiger partial charge in [0.1, 0.15) is 15.9 Å². The topological polar surface area (TPSA) is 66.4 Å². The fourth-order valence-electron chi connectivity index (χ4n) is 3.20. The summed E-state index contributed by atoms with van der Waals surface area (Å²) in [5.41, 5.74) is 1.00. The molecule has 1 atom stereocenters. The maximum absolute atomic E-state index is 11.4. The number of aryl methyl sites for hydroxylation is 1. The van der Waals surface area contributed by atoms with E-state index in [0.29, 0.717) is 5.75 Å². The molecule has 0 amide bonds. The summed E-state index contributed by atoms with van der Waals surface area (Å²) in [6.07, 6.45) is 11.3. The van der Waals surface area contributed by atoms with Gasteiger partial charge in [-0.3, -0.25) is 0 Å².